The van der Waals surface area contributed by atoms with Gasteiger partial charge in [-0.1, -0.05) is 19.8 Å². The fourth-order valence-electron chi connectivity index (χ4n) is 2.66. The van der Waals surface area contributed by atoms with E-state index in [0.29, 0.717) is 6.04 Å². The highest BCUT2D eigenvalue weighted by Gasteiger charge is 2.51. The molecule has 2 rings (SSSR count). The van der Waals surface area contributed by atoms with Crippen LogP contribution in [0.25, 0.3) is 0 Å². The maximum absolute atomic E-state index is 11.5. The van der Waals surface area contributed by atoms with Crippen LogP contribution in [0.1, 0.15) is 39.0 Å². The molecule has 3 N–H and O–H groups in total. The van der Waals surface area contributed by atoms with Crippen molar-refractivity contribution in [2.75, 3.05) is 0 Å². The Morgan fingerprint density at radius 3 is 2.50 bits per heavy atom. The first kappa shape index (κ1) is 9.97. The molecule has 2 unspecified atom stereocenters. The molecule has 0 aromatic carbocycles. The van der Waals surface area contributed by atoms with Crippen molar-refractivity contribution in [2.24, 2.45) is 17.6 Å². The van der Waals surface area contributed by atoms with Gasteiger partial charge in [-0.2, -0.15) is 0 Å². The van der Waals surface area contributed by atoms with Crippen LogP contribution >= 0.6 is 0 Å². The topological polar surface area (TPSA) is 55.1 Å². The molecule has 0 heterocycles. The van der Waals surface area contributed by atoms with Crippen LogP contribution in [0, 0.1) is 11.8 Å². The second-order valence-electron chi connectivity index (χ2n) is 4.66. The van der Waals surface area contributed by atoms with Crippen molar-refractivity contribution < 1.29 is 4.79 Å². The van der Waals surface area contributed by atoms with E-state index >= 15 is 0 Å². The molecule has 80 valence electrons. The number of hydrogen-bond donors (Lipinski definition) is 2. The molecular formula is C11H20N2O. The molecule has 2 aliphatic carbocycles. The standard InChI is InChI=1S/C11H20N2O/c1-2-9(12)11(14)13-10-7-5-3-4-6-8(7)10/h7-10H,2-6,12H2,1H3,(H,13,14)/t7?,8?,9-,10?/m1/s1. The summed E-state index contributed by atoms with van der Waals surface area (Å²) in [5.74, 6) is 1.60. The lowest BCUT2D eigenvalue weighted by molar-refractivity contribution is -0.122. The number of hydrogen-bond acceptors (Lipinski definition) is 2. The molecule has 3 atom stereocenters. The second kappa shape index (κ2) is 3.89. The predicted molar refractivity (Wildman–Crippen MR) is 55.6 cm³/mol. The van der Waals surface area contributed by atoms with Gasteiger partial charge in [-0.3, -0.25) is 4.79 Å². The summed E-state index contributed by atoms with van der Waals surface area (Å²) in [5, 5.41) is 3.08. The van der Waals surface area contributed by atoms with E-state index in [1.807, 2.05) is 6.92 Å². The van der Waals surface area contributed by atoms with E-state index in [0.717, 1.165) is 18.3 Å². The zero-order valence-electron chi connectivity index (χ0n) is 8.83. The average molecular weight is 196 g/mol. The third-order valence-electron chi connectivity index (χ3n) is 3.74. The van der Waals surface area contributed by atoms with Gasteiger partial charge in [0.25, 0.3) is 0 Å². The maximum Gasteiger partial charge on any atom is 0.237 e. The lowest BCUT2D eigenvalue weighted by Gasteiger charge is -2.09. The summed E-state index contributed by atoms with van der Waals surface area (Å²) in [6.45, 7) is 1.95. The van der Waals surface area contributed by atoms with Crippen molar-refractivity contribution in [2.45, 2.75) is 51.1 Å². The molecule has 3 heteroatoms. The monoisotopic (exact) mass is 196 g/mol. The number of carbonyl (C=O) groups excluding carboxylic acids is 1. The number of nitrogens with two attached hydrogens (primary N) is 1. The number of rotatable bonds is 3. The molecule has 1 amide bonds. The minimum absolute atomic E-state index is 0.0481. The number of amides is 1. The Morgan fingerprint density at radius 2 is 2.00 bits per heavy atom. The number of carbonyl (C=O) groups is 1. The van der Waals surface area contributed by atoms with Gasteiger partial charge in [0.2, 0.25) is 5.91 Å². The van der Waals surface area contributed by atoms with Crippen molar-refractivity contribution >= 4 is 5.91 Å². The van der Waals surface area contributed by atoms with Crippen molar-refractivity contribution in [1.82, 2.24) is 5.32 Å². The zero-order chi connectivity index (χ0) is 10.1. The predicted octanol–water partition coefficient (Wildman–Crippen LogP) is 1.03. The Balaban J connectivity index is 1.79. The molecule has 2 aliphatic rings. The molecule has 0 spiro atoms. The van der Waals surface area contributed by atoms with E-state index < -0.39 is 0 Å². The minimum Gasteiger partial charge on any atom is -0.351 e. The summed E-state index contributed by atoms with van der Waals surface area (Å²) in [6, 6.07) is 0.153. The quantitative estimate of drug-likeness (QED) is 0.708. The maximum atomic E-state index is 11.5. The lowest BCUT2D eigenvalue weighted by Crippen LogP contribution is -2.41. The first-order valence-corrected chi connectivity index (χ1v) is 5.80. The highest BCUT2D eigenvalue weighted by Crippen LogP contribution is 2.49. The van der Waals surface area contributed by atoms with Gasteiger partial charge >= 0.3 is 0 Å². The van der Waals surface area contributed by atoms with Gasteiger partial charge in [-0.15, -0.1) is 0 Å². The highest BCUT2D eigenvalue weighted by molar-refractivity contribution is 5.82. The Hall–Kier alpha value is -0.570. The van der Waals surface area contributed by atoms with Gasteiger partial charge in [0.15, 0.2) is 0 Å². The van der Waals surface area contributed by atoms with E-state index in [4.69, 9.17) is 5.73 Å². The molecule has 2 saturated carbocycles. The van der Waals surface area contributed by atoms with E-state index in [1.54, 1.807) is 0 Å². The molecule has 2 fully saturated rings. The molecule has 3 nitrogen and oxygen atoms in total. The summed E-state index contributed by atoms with van der Waals surface area (Å²) in [7, 11) is 0. The first-order chi connectivity index (χ1) is 6.74. The van der Waals surface area contributed by atoms with Crippen molar-refractivity contribution in [3.63, 3.8) is 0 Å². The molecule has 0 aromatic heterocycles. The van der Waals surface area contributed by atoms with E-state index in [-0.39, 0.29) is 11.9 Å². The molecule has 0 bridgehead atoms. The van der Waals surface area contributed by atoms with Crippen LogP contribution in [0.5, 0.6) is 0 Å². The fourth-order valence-corrected chi connectivity index (χ4v) is 2.66. The molecule has 0 aliphatic heterocycles. The van der Waals surface area contributed by atoms with E-state index in [9.17, 15) is 4.79 Å². The Labute approximate surface area is 85.4 Å². The summed E-state index contributed by atoms with van der Waals surface area (Å²) >= 11 is 0. The third-order valence-corrected chi connectivity index (χ3v) is 3.74. The largest absolute Gasteiger partial charge is 0.351 e. The van der Waals surface area contributed by atoms with Crippen LogP contribution in [0.2, 0.25) is 0 Å². The SMILES string of the molecule is CC[C@@H](N)C(=O)NC1C2CCCCC21. The van der Waals surface area contributed by atoms with Crippen LogP contribution in [-0.2, 0) is 4.79 Å². The highest BCUT2D eigenvalue weighted by atomic mass is 16.2. The van der Waals surface area contributed by atoms with Crippen LogP contribution < -0.4 is 11.1 Å². The van der Waals surface area contributed by atoms with E-state index in [1.165, 1.54) is 25.7 Å². The summed E-state index contributed by atoms with van der Waals surface area (Å²) in [6.07, 6.45) is 6.02. The van der Waals surface area contributed by atoms with E-state index in [2.05, 4.69) is 5.32 Å². The summed E-state index contributed by atoms with van der Waals surface area (Å²) in [5.41, 5.74) is 5.67. The molecule has 0 aromatic rings. The van der Waals surface area contributed by atoms with Crippen LogP contribution in [0.3, 0.4) is 0 Å². The van der Waals surface area contributed by atoms with Crippen LogP contribution in [-0.4, -0.2) is 18.0 Å². The average Bonchev–Trinajstić information content (AvgIpc) is 2.91. The van der Waals surface area contributed by atoms with Gasteiger partial charge in [0, 0.05) is 6.04 Å². The van der Waals surface area contributed by atoms with Crippen LogP contribution in [0.4, 0.5) is 0 Å². The summed E-state index contributed by atoms with van der Waals surface area (Å²) < 4.78 is 0. The Kier molecular flexibility index (Phi) is 2.77. The molecule has 0 radical (unpaired) electrons. The van der Waals surface area contributed by atoms with Gasteiger partial charge in [-0.05, 0) is 31.1 Å². The van der Waals surface area contributed by atoms with Gasteiger partial charge in [0.05, 0.1) is 6.04 Å². The normalized spacial score (nSPS) is 37.1. The van der Waals surface area contributed by atoms with Gasteiger partial charge in [0.1, 0.15) is 0 Å². The Morgan fingerprint density at radius 1 is 1.43 bits per heavy atom. The summed E-state index contributed by atoms with van der Waals surface area (Å²) in [4.78, 5) is 11.5. The first-order valence-electron chi connectivity index (χ1n) is 5.80. The molecule has 0 saturated heterocycles. The minimum atomic E-state index is -0.308. The van der Waals surface area contributed by atoms with Gasteiger partial charge in [-0.25, -0.2) is 0 Å². The number of nitrogens with one attached hydrogen (secondary N) is 1. The van der Waals surface area contributed by atoms with Crippen molar-refractivity contribution in [3.05, 3.63) is 0 Å². The number of fused-ring (bicyclic) bond motifs is 1. The zero-order valence-corrected chi connectivity index (χ0v) is 8.83. The lowest BCUT2D eigenvalue weighted by atomic mass is 10.0. The fraction of sp³-hybridized carbons (Fsp3) is 0.909. The van der Waals surface area contributed by atoms with Crippen molar-refractivity contribution in [1.29, 1.82) is 0 Å². The smallest absolute Gasteiger partial charge is 0.237 e. The Bertz CT molecular complexity index is 217. The van der Waals surface area contributed by atoms with Gasteiger partial charge < -0.3 is 11.1 Å². The third kappa shape index (κ3) is 1.78. The molecule has 14 heavy (non-hydrogen) atoms. The second-order valence-corrected chi connectivity index (χ2v) is 4.66. The molecular weight excluding hydrogens is 176 g/mol. The van der Waals surface area contributed by atoms with Crippen LogP contribution in [0.15, 0.2) is 0 Å². The van der Waals surface area contributed by atoms with Crippen molar-refractivity contribution in [3.8, 4) is 0 Å².